The molecule has 0 aromatic carbocycles. The summed E-state index contributed by atoms with van der Waals surface area (Å²) in [5, 5.41) is 4.29. The van der Waals surface area contributed by atoms with Crippen LogP contribution in [-0.2, 0) is 12.1 Å². The standard InChI is InChI=1S/C12H19N3/c1-2-8-15-10-11(9-14-15)12(13)6-4-3-5-7-12/h2,9-10H,1,3-8,13H2. The fourth-order valence-corrected chi connectivity index (χ4v) is 2.32. The Labute approximate surface area is 91.0 Å². The molecule has 1 heterocycles. The Hall–Kier alpha value is -1.09. The molecule has 0 saturated heterocycles. The number of nitrogens with two attached hydrogens (primary N) is 1. The molecule has 15 heavy (non-hydrogen) atoms. The van der Waals surface area contributed by atoms with E-state index in [0.717, 1.165) is 19.4 Å². The molecule has 0 amide bonds. The molecular formula is C12H19N3. The lowest BCUT2D eigenvalue weighted by Gasteiger charge is -2.32. The number of nitrogens with zero attached hydrogens (tertiary/aromatic N) is 2. The van der Waals surface area contributed by atoms with Gasteiger partial charge in [0.25, 0.3) is 0 Å². The molecule has 0 spiro atoms. The normalized spacial score (nSPS) is 20.1. The number of allylic oxidation sites excluding steroid dienone is 1. The highest BCUT2D eigenvalue weighted by Gasteiger charge is 2.30. The van der Waals surface area contributed by atoms with Gasteiger partial charge in [-0.25, -0.2) is 0 Å². The lowest BCUT2D eigenvalue weighted by Crippen LogP contribution is -2.38. The largest absolute Gasteiger partial charge is 0.321 e. The molecule has 0 aliphatic heterocycles. The maximum absolute atomic E-state index is 6.41. The van der Waals surface area contributed by atoms with E-state index in [1.54, 1.807) is 0 Å². The highest BCUT2D eigenvalue weighted by molar-refractivity contribution is 5.18. The van der Waals surface area contributed by atoms with E-state index in [1.165, 1.54) is 24.8 Å². The smallest absolute Gasteiger partial charge is 0.0587 e. The lowest BCUT2D eigenvalue weighted by atomic mass is 9.79. The second-order valence-corrected chi connectivity index (χ2v) is 4.46. The summed E-state index contributed by atoms with van der Waals surface area (Å²) in [6, 6.07) is 0. The topological polar surface area (TPSA) is 43.8 Å². The Kier molecular flexibility index (Phi) is 2.91. The summed E-state index contributed by atoms with van der Waals surface area (Å²) >= 11 is 0. The van der Waals surface area contributed by atoms with Crippen molar-refractivity contribution in [2.45, 2.75) is 44.2 Å². The molecule has 0 bridgehead atoms. The molecule has 3 nitrogen and oxygen atoms in total. The van der Waals surface area contributed by atoms with Crippen molar-refractivity contribution in [1.82, 2.24) is 9.78 Å². The molecule has 0 unspecified atom stereocenters. The fraction of sp³-hybridized carbons (Fsp3) is 0.583. The van der Waals surface area contributed by atoms with E-state index in [-0.39, 0.29) is 5.54 Å². The maximum atomic E-state index is 6.41. The van der Waals surface area contributed by atoms with Gasteiger partial charge in [-0.05, 0) is 12.8 Å². The van der Waals surface area contributed by atoms with E-state index in [2.05, 4.69) is 17.9 Å². The predicted molar refractivity (Wildman–Crippen MR) is 61.4 cm³/mol. The van der Waals surface area contributed by atoms with E-state index >= 15 is 0 Å². The fourth-order valence-electron chi connectivity index (χ4n) is 2.32. The van der Waals surface area contributed by atoms with Crippen molar-refractivity contribution >= 4 is 0 Å². The predicted octanol–water partition coefficient (Wildman–Crippen LogP) is 2.19. The second kappa shape index (κ2) is 4.19. The minimum atomic E-state index is -0.127. The van der Waals surface area contributed by atoms with Crippen LogP contribution in [-0.4, -0.2) is 9.78 Å². The molecule has 1 aromatic heterocycles. The van der Waals surface area contributed by atoms with E-state index in [9.17, 15) is 0 Å². The zero-order valence-electron chi connectivity index (χ0n) is 9.15. The van der Waals surface area contributed by atoms with E-state index in [0.29, 0.717) is 0 Å². The third kappa shape index (κ3) is 2.12. The number of hydrogen-bond acceptors (Lipinski definition) is 2. The highest BCUT2D eigenvalue weighted by Crippen LogP contribution is 2.34. The summed E-state index contributed by atoms with van der Waals surface area (Å²) in [5.41, 5.74) is 7.47. The first kappa shape index (κ1) is 10.4. The zero-order valence-corrected chi connectivity index (χ0v) is 9.15. The van der Waals surface area contributed by atoms with Gasteiger partial charge in [-0.2, -0.15) is 5.10 Å². The number of hydrogen-bond donors (Lipinski definition) is 1. The number of aromatic nitrogens is 2. The van der Waals surface area contributed by atoms with Crippen LogP contribution < -0.4 is 5.73 Å². The van der Waals surface area contributed by atoms with Gasteiger partial charge in [0, 0.05) is 17.3 Å². The molecule has 1 aliphatic rings. The Morgan fingerprint density at radius 3 is 2.87 bits per heavy atom. The first-order valence-electron chi connectivity index (χ1n) is 5.67. The van der Waals surface area contributed by atoms with Gasteiger partial charge in [-0.15, -0.1) is 6.58 Å². The molecule has 0 atom stereocenters. The van der Waals surface area contributed by atoms with Crippen molar-refractivity contribution in [3.63, 3.8) is 0 Å². The van der Waals surface area contributed by atoms with Gasteiger partial charge < -0.3 is 5.73 Å². The monoisotopic (exact) mass is 205 g/mol. The Morgan fingerprint density at radius 1 is 1.47 bits per heavy atom. The Bertz CT molecular complexity index is 334. The molecule has 2 rings (SSSR count). The van der Waals surface area contributed by atoms with E-state index in [4.69, 9.17) is 5.73 Å². The van der Waals surface area contributed by atoms with Crippen LogP contribution in [0.5, 0.6) is 0 Å². The van der Waals surface area contributed by atoms with Crippen LogP contribution in [0.2, 0.25) is 0 Å². The van der Waals surface area contributed by atoms with Crippen LogP contribution in [0.25, 0.3) is 0 Å². The summed E-state index contributed by atoms with van der Waals surface area (Å²) in [6.07, 6.45) is 11.8. The average Bonchev–Trinajstić information content (AvgIpc) is 2.69. The van der Waals surface area contributed by atoms with Gasteiger partial charge in [0.05, 0.1) is 12.7 Å². The molecule has 1 aromatic rings. The van der Waals surface area contributed by atoms with Crippen LogP contribution in [0, 0.1) is 0 Å². The van der Waals surface area contributed by atoms with Gasteiger partial charge in [-0.3, -0.25) is 4.68 Å². The minimum absolute atomic E-state index is 0.127. The van der Waals surface area contributed by atoms with Crippen molar-refractivity contribution in [2.75, 3.05) is 0 Å². The minimum Gasteiger partial charge on any atom is -0.321 e. The molecule has 3 heteroatoms. The molecule has 82 valence electrons. The molecular weight excluding hydrogens is 186 g/mol. The molecule has 1 fully saturated rings. The zero-order chi connectivity index (χ0) is 10.7. The van der Waals surface area contributed by atoms with Crippen molar-refractivity contribution in [3.8, 4) is 0 Å². The van der Waals surface area contributed by atoms with E-state index in [1.807, 2.05) is 17.0 Å². The quantitative estimate of drug-likeness (QED) is 0.769. The summed E-state index contributed by atoms with van der Waals surface area (Å²) in [6.45, 7) is 4.46. The van der Waals surface area contributed by atoms with Crippen LogP contribution in [0.3, 0.4) is 0 Å². The summed E-state index contributed by atoms with van der Waals surface area (Å²) in [7, 11) is 0. The molecule has 1 aliphatic carbocycles. The van der Waals surface area contributed by atoms with Crippen LogP contribution >= 0.6 is 0 Å². The van der Waals surface area contributed by atoms with Crippen molar-refractivity contribution in [1.29, 1.82) is 0 Å². The lowest BCUT2D eigenvalue weighted by molar-refractivity contribution is 0.302. The average molecular weight is 205 g/mol. The SMILES string of the molecule is C=CCn1cc(C2(N)CCCCC2)cn1. The van der Waals surface area contributed by atoms with E-state index < -0.39 is 0 Å². The van der Waals surface area contributed by atoms with Crippen LogP contribution in [0.4, 0.5) is 0 Å². The Morgan fingerprint density at radius 2 is 2.20 bits per heavy atom. The molecule has 1 saturated carbocycles. The van der Waals surface area contributed by atoms with Crippen molar-refractivity contribution in [3.05, 3.63) is 30.6 Å². The van der Waals surface area contributed by atoms with Gasteiger partial charge in [-0.1, -0.05) is 25.3 Å². The summed E-state index contributed by atoms with van der Waals surface area (Å²) < 4.78 is 1.89. The molecule has 2 N–H and O–H groups in total. The van der Waals surface area contributed by atoms with Crippen LogP contribution in [0.15, 0.2) is 25.0 Å². The third-order valence-electron chi connectivity index (χ3n) is 3.27. The first-order chi connectivity index (χ1) is 7.24. The van der Waals surface area contributed by atoms with Gasteiger partial charge in [0.15, 0.2) is 0 Å². The van der Waals surface area contributed by atoms with Crippen LogP contribution in [0.1, 0.15) is 37.7 Å². The highest BCUT2D eigenvalue weighted by atomic mass is 15.3. The van der Waals surface area contributed by atoms with Gasteiger partial charge >= 0.3 is 0 Å². The van der Waals surface area contributed by atoms with Gasteiger partial charge in [0.1, 0.15) is 0 Å². The molecule has 0 radical (unpaired) electrons. The third-order valence-corrected chi connectivity index (χ3v) is 3.27. The van der Waals surface area contributed by atoms with Crippen molar-refractivity contribution < 1.29 is 0 Å². The van der Waals surface area contributed by atoms with Crippen molar-refractivity contribution in [2.24, 2.45) is 5.73 Å². The Balaban J connectivity index is 2.16. The number of rotatable bonds is 3. The second-order valence-electron chi connectivity index (χ2n) is 4.46. The first-order valence-corrected chi connectivity index (χ1v) is 5.67. The maximum Gasteiger partial charge on any atom is 0.0587 e. The summed E-state index contributed by atoms with van der Waals surface area (Å²) in [5.74, 6) is 0. The summed E-state index contributed by atoms with van der Waals surface area (Å²) in [4.78, 5) is 0. The van der Waals surface area contributed by atoms with Gasteiger partial charge in [0.2, 0.25) is 0 Å².